The third-order valence-electron chi connectivity index (χ3n) is 6.23. The van der Waals surface area contributed by atoms with Gasteiger partial charge in [0, 0.05) is 18.4 Å². The molecule has 110 valence electrons. The van der Waals surface area contributed by atoms with Crippen molar-refractivity contribution in [1.29, 1.82) is 0 Å². The van der Waals surface area contributed by atoms with Crippen LogP contribution in [0, 0.1) is 17.8 Å². The second-order valence-electron chi connectivity index (χ2n) is 8.12. The Morgan fingerprint density at radius 3 is 2.00 bits per heavy atom. The number of nitrogen functional groups attached to an aromatic ring is 1. The van der Waals surface area contributed by atoms with E-state index in [9.17, 15) is 0 Å². The fourth-order valence-electron chi connectivity index (χ4n) is 5.84. The topological polar surface area (TPSA) is 43.8 Å². The zero-order valence-corrected chi connectivity index (χ0v) is 13.0. The van der Waals surface area contributed by atoms with Gasteiger partial charge < -0.3 is 10.3 Å². The highest BCUT2D eigenvalue weighted by Crippen LogP contribution is 2.61. The number of hydrogen-bond acceptors (Lipinski definition) is 2. The maximum absolute atomic E-state index is 6.46. The molecule has 4 fully saturated rings. The van der Waals surface area contributed by atoms with E-state index in [1.54, 1.807) is 0 Å². The van der Waals surface area contributed by atoms with E-state index in [0.29, 0.717) is 11.3 Å². The molecule has 1 heterocycles. The predicted molar refractivity (Wildman–Crippen MR) is 81.6 cm³/mol. The Morgan fingerprint density at radius 1 is 1.10 bits per heavy atom. The zero-order valence-electron chi connectivity index (χ0n) is 13.0. The second kappa shape index (κ2) is 4.02. The summed E-state index contributed by atoms with van der Waals surface area (Å²) < 4.78 is 2.14. The summed E-state index contributed by atoms with van der Waals surface area (Å²) in [6, 6.07) is 0. The van der Waals surface area contributed by atoms with Crippen molar-refractivity contribution in [2.24, 2.45) is 24.8 Å². The van der Waals surface area contributed by atoms with Gasteiger partial charge in [0.25, 0.3) is 0 Å². The van der Waals surface area contributed by atoms with E-state index < -0.39 is 0 Å². The van der Waals surface area contributed by atoms with E-state index in [1.165, 1.54) is 44.2 Å². The Bertz CT molecular complexity index is 505. The van der Waals surface area contributed by atoms with Crippen molar-refractivity contribution in [3.63, 3.8) is 0 Å². The molecular weight excluding hydrogens is 246 g/mol. The molecule has 1 aromatic heterocycles. The lowest BCUT2D eigenvalue weighted by molar-refractivity contribution is -0.00671. The van der Waals surface area contributed by atoms with Crippen molar-refractivity contribution in [2.75, 3.05) is 5.73 Å². The van der Waals surface area contributed by atoms with Crippen LogP contribution in [-0.4, -0.2) is 9.55 Å². The lowest BCUT2D eigenvalue weighted by Gasteiger charge is -2.56. The van der Waals surface area contributed by atoms with Crippen LogP contribution in [0.5, 0.6) is 0 Å². The molecule has 1 aromatic rings. The van der Waals surface area contributed by atoms with Gasteiger partial charge >= 0.3 is 0 Å². The van der Waals surface area contributed by atoms with Gasteiger partial charge in [-0.1, -0.05) is 13.8 Å². The van der Waals surface area contributed by atoms with Gasteiger partial charge in [0.05, 0.1) is 5.69 Å². The molecule has 4 saturated carbocycles. The van der Waals surface area contributed by atoms with E-state index in [2.05, 4.69) is 25.5 Å². The number of aromatic nitrogens is 2. The lowest BCUT2D eigenvalue weighted by Crippen LogP contribution is -2.49. The summed E-state index contributed by atoms with van der Waals surface area (Å²) in [6.45, 7) is 4.43. The Balaban J connectivity index is 1.79. The molecule has 4 aliphatic rings. The molecule has 0 aliphatic heterocycles. The van der Waals surface area contributed by atoms with Crippen LogP contribution in [0.4, 0.5) is 5.82 Å². The van der Waals surface area contributed by atoms with Gasteiger partial charge in [-0.05, 0) is 56.3 Å². The average Bonchev–Trinajstić information content (AvgIpc) is 2.65. The van der Waals surface area contributed by atoms with Crippen molar-refractivity contribution in [2.45, 2.75) is 63.7 Å². The Morgan fingerprint density at radius 2 is 1.60 bits per heavy atom. The first-order chi connectivity index (χ1) is 9.48. The normalized spacial score (nSPS) is 38.9. The molecule has 0 spiro atoms. The van der Waals surface area contributed by atoms with Crippen molar-refractivity contribution in [3.05, 3.63) is 11.5 Å². The molecular formula is C17H27N3. The standard InChI is InChI=1S/C17H27N3/c1-10(2)16-19-14(15(18)20(16)3)17-7-11-4-12(8-17)6-13(5-11)9-17/h10-13H,4-9,18H2,1-3H3. The Labute approximate surface area is 122 Å². The summed E-state index contributed by atoms with van der Waals surface area (Å²) in [7, 11) is 2.08. The summed E-state index contributed by atoms with van der Waals surface area (Å²) in [5.41, 5.74) is 8.04. The average molecular weight is 273 g/mol. The molecule has 4 bridgehead atoms. The Hall–Kier alpha value is -0.990. The van der Waals surface area contributed by atoms with E-state index in [4.69, 9.17) is 10.7 Å². The molecule has 4 aliphatic carbocycles. The van der Waals surface area contributed by atoms with Gasteiger partial charge in [-0.15, -0.1) is 0 Å². The van der Waals surface area contributed by atoms with Crippen LogP contribution < -0.4 is 5.73 Å². The van der Waals surface area contributed by atoms with Gasteiger partial charge in [-0.25, -0.2) is 4.98 Å². The summed E-state index contributed by atoms with van der Waals surface area (Å²) in [6.07, 6.45) is 8.46. The molecule has 0 atom stereocenters. The minimum Gasteiger partial charge on any atom is -0.384 e. The maximum atomic E-state index is 6.46. The van der Waals surface area contributed by atoms with Gasteiger partial charge in [0.1, 0.15) is 11.6 Å². The monoisotopic (exact) mass is 273 g/mol. The van der Waals surface area contributed by atoms with E-state index in [1.807, 2.05) is 0 Å². The van der Waals surface area contributed by atoms with Crippen molar-refractivity contribution in [3.8, 4) is 0 Å². The van der Waals surface area contributed by atoms with E-state index >= 15 is 0 Å². The highest BCUT2D eigenvalue weighted by molar-refractivity contribution is 5.45. The molecule has 3 heteroatoms. The quantitative estimate of drug-likeness (QED) is 0.895. The third-order valence-corrected chi connectivity index (χ3v) is 6.23. The molecule has 20 heavy (non-hydrogen) atoms. The highest BCUT2D eigenvalue weighted by atomic mass is 15.1. The van der Waals surface area contributed by atoms with Crippen LogP contribution in [0.1, 0.15) is 69.8 Å². The first-order valence-corrected chi connectivity index (χ1v) is 8.31. The molecule has 3 nitrogen and oxygen atoms in total. The summed E-state index contributed by atoms with van der Waals surface area (Å²) in [4.78, 5) is 5.04. The molecule has 2 N–H and O–H groups in total. The first-order valence-electron chi connectivity index (χ1n) is 8.31. The van der Waals surface area contributed by atoms with Crippen LogP contribution >= 0.6 is 0 Å². The highest BCUT2D eigenvalue weighted by Gasteiger charge is 2.53. The van der Waals surface area contributed by atoms with E-state index in [0.717, 1.165) is 29.4 Å². The molecule has 0 radical (unpaired) electrons. The molecule has 0 unspecified atom stereocenters. The number of anilines is 1. The fraction of sp³-hybridized carbons (Fsp3) is 0.824. The number of hydrogen-bond donors (Lipinski definition) is 1. The molecule has 0 saturated heterocycles. The summed E-state index contributed by atoms with van der Waals surface area (Å²) in [5, 5.41) is 0. The lowest BCUT2D eigenvalue weighted by atomic mass is 9.49. The van der Waals surface area contributed by atoms with Crippen LogP contribution in [0.25, 0.3) is 0 Å². The van der Waals surface area contributed by atoms with Gasteiger partial charge in [0.15, 0.2) is 0 Å². The summed E-state index contributed by atoms with van der Waals surface area (Å²) >= 11 is 0. The first kappa shape index (κ1) is 12.7. The molecule has 0 aromatic carbocycles. The molecule has 5 rings (SSSR count). The van der Waals surface area contributed by atoms with Crippen molar-refractivity contribution in [1.82, 2.24) is 9.55 Å². The number of imidazole rings is 1. The van der Waals surface area contributed by atoms with Crippen LogP contribution in [-0.2, 0) is 12.5 Å². The minimum atomic E-state index is 0.323. The Kier molecular flexibility index (Phi) is 2.56. The fourth-order valence-corrected chi connectivity index (χ4v) is 5.84. The van der Waals surface area contributed by atoms with Crippen molar-refractivity contribution < 1.29 is 0 Å². The minimum absolute atomic E-state index is 0.323. The predicted octanol–water partition coefficient (Wildman–Crippen LogP) is 3.59. The van der Waals surface area contributed by atoms with Gasteiger partial charge in [0.2, 0.25) is 0 Å². The SMILES string of the molecule is CC(C)c1nc(C23CC4CC(CC(C4)C2)C3)c(N)n1C. The maximum Gasteiger partial charge on any atom is 0.127 e. The van der Waals surface area contributed by atoms with Crippen LogP contribution in [0.15, 0.2) is 0 Å². The largest absolute Gasteiger partial charge is 0.384 e. The number of nitrogens with zero attached hydrogens (tertiary/aromatic N) is 2. The van der Waals surface area contributed by atoms with Crippen LogP contribution in [0.2, 0.25) is 0 Å². The smallest absolute Gasteiger partial charge is 0.127 e. The van der Waals surface area contributed by atoms with Gasteiger partial charge in [-0.2, -0.15) is 0 Å². The zero-order chi connectivity index (χ0) is 14.1. The van der Waals surface area contributed by atoms with Gasteiger partial charge in [-0.3, -0.25) is 0 Å². The third kappa shape index (κ3) is 1.61. The summed E-state index contributed by atoms with van der Waals surface area (Å²) in [5.74, 6) is 5.40. The molecule has 0 amide bonds. The van der Waals surface area contributed by atoms with Crippen LogP contribution in [0.3, 0.4) is 0 Å². The van der Waals surface area contributed by atoms with E-state index in [-0.39, 0.29) is 0 Å². The second-order valence-corrected chi connectivity index (χ2v) is 8.12. The number of nitrogens with two attached hydrogens (primary N) is 1. The van der Waals surface area contributed by atoms with Crippen molar-refractivity contribution >= 4 is 5.82 Å². The number of rotatable bonds is 2.